The fraction of sp³-hybridized carbons (Fsp3) is 0.824. The predicted molar refractivity (Wildman–Crippen MR) is 87.6 cm³/mol. The van der Waals surface area contributed by atoms with Crippen molar-refractivity contribution in [1.82, 2.24) is 15.1 Å². The van der Waals surface area contributed by atoms with Crippen LogP contribution in [-0.2, 0) is 13.6 Å². The summed E-state index contributed by atoms with van der Waals surface area (Å²) >= 11 is 0. The summed E-state index contributed by atoms with van der Waals surface area (Å²) < 4.78 is 2.11. The Kier molecular flexibility index (Phi) is 3.76. The van der Waals surface area contributed by atoms with Gasteiger partial charge in [-0.3, -0.25) is 4.68 Å². The Morgan fingerprint density at radius 1 is 1.24 bits per heavy atom. The first-order valence-corrected chi connectivity index (χ1v) is 8.39. The van der Waals surface area contributed by atoms with Crippen molar-refractivity contribution in [3.8, 4) is 0 Å². The average molecular weight is 290 g/mol. The standard InChI is InChI=1S/C17H30N4/c1-12-15(10-18-17(2,3)4)16(20(5)19-12)21(14-8-9-14)11-13-6-7-13/h13-14,18H,6-11H2,1-5H3. The van der Waals surface area contributed by atoms with Crippen LogP contribution in [-0.4, -0.2) is 27.9 Å². The average Bonchev–Trinajstić information content (AvgIpc) is 3.22. The van der Waals surface area contributed by atoms with E-state index in [2.05, 4.69) is 49.6 Å². The number of nitrogens with zero attached hydrogens (tertiary/aromatic N) is 3. The van der Waals surface area contributed by atoms with Crippen molar-refractivity contribution in [2.75, 3.05) is 11.4 Å². The van der Waals surface area contributed by atoms with Crippen LogP contribution in [0.4, 0.5) is 5.82 Å². The third kappa shape index (κ3) is 3.60. The Morgan fingerprint density at radius 2 is 1.90 bits per heavy atom. The van der Waals surface area contributed by atoms with Crippen LogP contribution in [0.5, 0.6) is 0 Å². The van der Waals surface area contributed by atoms with Crippen molar-refractivity contribution in [1.29, 1.82) is 0 Å². The SMILES string of the molecule is Cc1nn(C)c(N(CC2CC2)C2CC2)c1CNC(C)(C)C. The third-order valence-corrected chi connectivity index (χ3v) is 4.52. The number of nitrogens with one attached hydrogen (secondary N) is 1. The van der Waals surface area contributed by atoms with E-state index < -0.39 is 0 Å². The molecule has 1 aromatic heterocycles. The van der Waals surface area contributed by atoms with Gasteiger partial charge in [0.15, 0.2) is 0 Å². The van der Waals surface area contributed by atoms with Gasteiger partial charge in [0, 0.05) is 37.3 Å². The monoisotopic (exact) mass is 290 g/mol. The molecule has 0 bridgehead atoms. The van der Waals surface area contributed by atoms with Gasteiger partial charge in [-0.05, 0) is 59.3 Å². The zero-order valence-electron chi connectivity index (χ0n) is 14.2. The van der Waals surface area contributed by atoms with Crippen LogP contribution in [0.3, 0.4) is 0 Å². The van der Waals surface area contributed by atoms with Crippen molar-refractivity contribution in [2.45, 2.75) is 71.5 Å². The molecule has 2 aliphatic carbocycles. The molecule has 0 amide bonds. The van der Waals surface area contributed by atoms with E-state index in [0.29, 0.717) is 0 Å². The van der Waals surface area contributed by atoms with E-state index in [9.17, 15) is 0 Å². The smallest absolute Gasteiger partial charge is 0.131 e. The summed E-state index contributed by atoms with van der Waals surface area (Å²) in [5, 5.41) is 8.34. The summed E-state index contributed by atoms with van der Waals surface area (Å²) in [6.07, 6.45) is 5.53. The summed E-state index contributed by atoms with van der Waals surface area (Å²) in [7, 11) is 2.10. The fourth-order valence-electron chi connectivity index (χ4n) is 2.98. The van der Waals surface area contributed by atoms with Crippen LogP contribution in [0, 0.1) is 12.8 Å². The Bertz CT molecular complexity index is 504. The first-order chi connectivity index (χ1) is 9.85. The summed E-state index contributed by atoms with van der Waals surface area (Å²) in [5.41, 5.74) is 2.70. The quantitative estimate of drug-likeness (QED) is 0.874. The molecule has 0 aromatic carbocycles. The normalized spacial score (nSPS) is 19.1. The fourth-order valence-corrected chi connectivity index (χ4v) is 2.98. The van der Waals surface area contributed by atoms with E-state index in [-0.39, 0.29) is 5.54 Å². The maximum absolute atomic E-state index is 4.71. The minimum absolute atomic E-state index is 0.139. The molecule has 0 radical (unpaired) electrons. The molecule has 2 saturated carbocycles. The molecular formula is C17H30N4. The Morgan fingerprint density at radius 3 is 2.43 bits per heavy atom. The molecule has 0 atom stereocenters. The van der Waals surface area contributed by atoms with E-state index in [4.69, 9.17) is 5.10 Å². The first kappa shape index (κ1) is 14.9. The summed E-state index contributed by atoms with van der Waals surface area (Å²) in [5.74, 6) is 2.28. The van der Waals surface area contributed by atoms with Crippen molar-refractivity contribution in [3.05, 3.63) is 11.3 Å². The number of aryl methyl sites for hydroxylation is 2. The molecule has 4 heteroatoms. The highest BCUT2D eigenvalue weighted by Gasteiger charge is 2.36. The Labute approximate surface area is 128 Å². The van der Waals surface area contributed by atoms with Gasteiger partial charge in [0.05, 0.1) is 5.69 Å². The zero-order valence-corrected chi connectivity index (χ0v) is 14.2. The lowest BCUT2D eigenvalue weighted by atomic mass is 10.1. The first-order valence-electron chi connectivity index (χ1n) is 8.39. The van der Waals surface area contributed by atoms with Gasteiger partial charge in [0.25, 0.3) is 0 Å². The second kappa shape index (κ2) is 5.31. The van der Waals surface area contributed by atoms with Gasteiger partial charge >= 0.3 is 0 Å². The van der Waals surface area contributed by atoms with Crippen LogP contribution in [0.1, 0.15) is 57.7 Å². The van der Waals surface area contributed by atoms with Crippen molar-refractivity contribution in [3.63, 3.8) is 0 Å². The van der Waals surface area contributed by atoms with Crippen LogP contribution in [0.25, 0.3) is 0 Å². The lowest BCUT2D eigenvalue weighted by molar-refractivity contribution is 0.423. The summed E-state index contributed by atoms with van der Waals surface area (Å²) in [6.45, 7) is 11.0. The van der Waals surface area contributed by atoms with Crippen LogP contribution in [0.2, 0.25) is 0 Å². The second-order valence-electron chi connectivity index (χ2n) is 7.94. The van der Waals surface area contributed by atoms with E-state index in [1.807, 2.05) is 0 Å². The maximum atomic E-state index is 4.71. The lowest BCUT2D eigenvalue weighted by Crippen LogP contribution is -2.36. The molecule has 1 heterocycles. The number of rotatable bonds is 6. The number of hydrogen-bond donors (Lipinski definition) is 1. The van der Waals surface area contributed by atoms with Gasteiger partial charge < -0.3 is 10.2 Å². The van der Waals surface area contributed by atoms with E-state index in [1.54, 1.807) is 0 Å². The minimum atomic E-state index is 0.139. The minimum Gasteiger partial charge on any atom is -0.353 e. The van der Waals surface area contributed by atoms with E-state index >= 15 is 0 Å². The van der Waals surface area contributed by atoms with Gasteiger partial charge in [-0.15, -0.1) is 0 Å². The topological polar surface area (TPSA) is 33.1 Å². The predicted octanol–water partition coefficient (Wildman–Crippen LogP) is 3.00. The molecule has 1 aromatic rings. The molecule has 4 nitrogen and oxygen atoms in total. The highest BCUT2D eigenvalue weighted by molar-refractivity contribution is 5.52. The molecule has 3 rings (SSSR count). The van der Waals surface area contributed by atoms with Crippen LogP contribution < -0.4 is 10.2 Å². The molecular weight excluding hydrogens is 260 g/mol. The van der Waals surface area contributed by atoms with Gasteiger partial charge in [0.1, 0.15) is 5.82 Å². The highest BCUT2D eigenvalue weighted by atomic mass is 15.4. The molecule has 0 aliphatic heterocycles. The highest BCUT2D eigenvalue weighted by Crippen LogP contribution is 2.39. The third-order valence-electron chi connectivity index (χ3n) is 4.52. The summed E-state index contributed by atoms with van der Waals surface area (Å²) in [6, 6.07) is 0.758. The molecule has 0 spiro atoms. The van der Waals surface area contributed by atoms with Crippen molar-refractivity contribution in [2.24, 2.45) is 13.0 Å². The number of aromatic nitrogens is 2. The van der Waals surface area contributed by atoms with Gasteiger partial charge in [0.2, 0.25) is 0 Å². The van der Waals surface area contributed by atoms with Crippen LogP contribution in [0.15, 0.2) is 0 Å². The number of hydrogen-bond acceptors (Lipinski definition) is 3. The Balaban J connectivity index is 1.84. The molecule has 1 N–H and O–H groups in total. The lowest BCUT2D eigenvalue weighted by Gasteiger charge is -2.27. The Hall–Kier alpha value is -1.03. The molecule has 0 unspecified atom stereocenters. The van der Waals surface area contributed by atoms with Gasteiger partial charge in [-0.2, -0.15) is 5.10 Å². The van der Waals surface area contributed by atoms with E-state index in [1.165, 1.54) is 49.3 Å². The zero-order chi connectivity index (χ0) is 15.2. The van der Waals surface area contributed by atoms with E-state index in [0.717, 1.165) is 18.5 Å². The largest absolute Gasteiger partial charge is 0.353 e. The van der Waals surface area contributed by atoms with Crippen molar-refractivity contribution >= 4 is 5.82 Å². The molecule has 0 saturated heterocycles. The molecule has 21 heavy (non-hydrogen) atoms. The summed E-state index contributed by atoms with van der Waals surface area (Å²) in [4.78, 5) is 2.65. The molecule has 2 fully saturated rings. The maximum Gasteiger partial charge on any atom is 0.131 e. The van der Waals surface area contributed by atoms with Crippen LogP contribution >= 0.6 is 0 Å². The second-order valence-corrected chi connectivity index (χ2v) is 7.94. The van der Waals surface area contributed by atoms with Crippen molar-refractivity contribution < 1.29 is 0 Å². The number of anilines is 1. The molecule has 2 aliphatic rings. The van der Waals surface area contributed by atoms with Gasteiger partial charge in [-0.1, -0.05) is 0 Å². The molecule has 118 valence electrons. The van der Waals surface area contributed by atoms with Gasteiger partial charge in [-0.25, -0.2) is 0 Å².